The van der Waals surface area contributed by atoms with Crippen LogP contribution in [-0.2, 0) is 0 Å². The second-order valence-corrected chi connectivity index (χ2v) is 4.73. The van der Waals surface area contributed by atoms with Crippen LogP contribution in [0.4, 0.5) is 10.1 Å². The third-order valence-corrected chi connectivity index (χ3v) is 3.37. The number of anilines is 1. The van der Waals surface area contributed by atoms with Gasteiger partial charge in [-0.3, -0.25) is 4.79 Å². The van der Waals surface area contributed by atoms with Gasteiger partial charge in [0.1, 0.15) is 5.82 Å². The summed E-state index contributed by atoms with van der Waals surface area (Å²) in [7, 11) is 0. The van der Waals surface area contributed by atoms with E-state index in [4.69, 9.17) is 11.6 Å². The molecule has 2 aromatic carbocycles. The van der Waals surface area contributed by atoms with Crippen molar-refractivity contribution in [1.82, 2.24) is 0 Å². The van der Waals surface area contributed by atoms with Crippen LogP contribution >= 0.6 is 11.6 Å². The largest absolute Gasteiger partial charge is 0.322 e. The van der Waals surface area contributed by atoms with Crippen LogP contribution in [0.2, 0.25) is 5.02 Å². The zero-order valence-electron chi connectivity index (χ0n) is 10.6. The predicted molar refractivity (Wildman–Crippen MR) is 75.3 cm³/mol. The summed E-state index contributed by atoms with van der Waals surface area (Å²) in [4.78, 5) is 12.1. The molecule has 1 amide bonds. The van der Waals surface area contributed by atoms with E-state index in [0.29, 0.717) is 16.3 Å². The Morgan fingerprint density at radius 2 is 1.95 bits per heavy atom. The molecule has 0 saturated carbocycles. The number of rotatable bonds is 2. The molecule has 0 bridgehead atoms. The molecule has 1 N–H and O–H groups in total. The zero-order valence-corrected chi connectivity index (χ0v) is 11.4. The molecule has 19 heavy (non-hydrogen) atoms. The Kier molecular flexibility index (Phi) is 3.86. The standard InChI is InChI=1S/C15H13ClFNO/c1-9-6-7-11(17)8-12(9)15(19)18-14-5-3-4-13(16)10(14)2/h3-8H,1-2H3,(H,18,19). The van der Waals surface area contributed by atoms with Crippen LogP contribution in [0.15, 0.2) is 36.4 Å². The summed E-state index contributed by atoms with van der Waals surface area (Å²) >= 11 is 5.99. The van der Waals surface area contributed by atoms with Crippen molar-refractivity contribution < 1.29 is 9.18 Å². The molecule has 0 unspecified atom stereocenters. The van der Waals surface area contributed by atoms with Crippen LogP contribution in [0.3, 0.4) is 0 Å². The highest BCUT2D eigenvalue weighted by Gasteiger charge is 2.12. The van der Waals surface area contributed by atoms with Gasteiger partial charge < -0.3 is 5.32 Å². The van der Waals surface area contributed by atoms with Crippen LogP contribution in [-0.4, -0.2) is 5.91 Å². The first kappa shape index (κ1) is 13.6. The quantitative estimate of drug-likeness (QED) is 0.869. The van der Waals surface area contributed by atoms with Crippen molar-refractivity contribution >= 4 is 23.2 Å². The lowest BCUT2D eigenvalue weighted by Crippen LogP contribution is -2.14. The maximum atomic E-state index is 13.2. The summed E-state index contributed by atoms with van der Waals surface area (Å²) in [6, 6.07) is 9.40. The molecule has 2 nitrogen and oxygen atoms in total. The van der Waals surface area contributed by atoms with Crippen LogP contribution in [0.5, 0.6) is 0 Å². The molecule has 0 radical (unpaired) electrons. The highest BCUT2D eigenvalue weighted by molar-refractivity contribution is 6.31. The van der Waals surface area contributed by atoms with Gasteiger partial charge in [-0.1, -0.05) is 23.7 Å². The summed E-state index contributed by atoms with van der Waals surface area (Å²) in [6.07, 6.45) is 0. The van der Waals surface area contributed by atoms with Crippen molar-refractivity contribution in [1.29, 1.82) is 0 Å². The number of amides is 1. The van der Waals surface area contributed by atoms with Crippen molar-refractivity contribution in [2.75, 3.05) is 5.32 Å². The van der Waals surface area contributed by atoms with E-state index in [-0.39, 0.29) is 5.91 Å². The van der Waals surface area contributed by atoms with Gasteiger partial charge >= 0.3 is 0 Å². The van der Waals surface area contributed by atoms with Gasteiger partial charge in [0.15, 0.2) is 0 Å². The van der Waals surface area contributed by atoms with Gasteiger partial charge in [-0.25, -0.2) is 4.39 Å². The second-order valence-electron chi connectivity index (χ2n) is 4.33. The van der Waals surface area contributed by atoms with Crippen molar-refractivity contribution in [3.63, 3.8) is 0 Å². The van der Waals surface area contributed by atoms with Gasteiger partial charge in [-0.05, 0) is 49.2 Å². The van der Waals surface area contributed by atoms with Gasteiger partial charge in [-0.15, -0.1) is 0 Å². The van der Waals surface area contributed by atoms with Crippen LogP contribution in [0, 0.1) is 19.7 Å². The molecule has 2 aromatic rings. The Labute approximate surface area is 116 Å². The molecule has 0 aliphatic heterocycles. The van der Waals surface area contributed by atoms with E-state index in [1.165, 1.54) is 12.1 Å². The third kappa shape index (κ3) is 2.93. The number of hydrogen-bond acceptors (Lipinski definition) is 1. The fourth-order valence-corrected chi connectivity index (χ4v) is 1.95. The molecular formula is C15H13ClFNO. The average Bonchev–Trinajstić information content (AvgIpc) is 2.38. The SMILES string of the molecule is Cc1ccc(F)cc1C(=O)Nc1cccc(Cl)c1C. The first-order valence-corrected chi connectivity index (χ1v) is 6.19. The van der Waals surface area contributed by atoms with E-state index in [9.17, 15) is 9.18 Å². The Morgan fingerprint density at radius 1 is 1.21 bits per heavy atom. The van der Waals surface area contributed by atoms with Gasteiger partial charge in [0.05, 0.1) is 0 Å². The number of aryl methyl sites for hydroxylation is 1. The Morgan fingerprint density at radius 3 is 2.68 bits per heavy atom. The van der Waals surface area contributed by atoms with Crippen LogP contribution < -0.4 is 5.32 Å². The van der Waals surface area contributed by atoms with Gasteiger partial charge in [0.2, 0.25) is 0 Å². The molecule has 0 saturated heterocycles. The summed E-state index contributed by atoms with van der Waals surface area (Å²) in [5.41, 5.74) is 2.45. The molecular weight excluding hydrogens is 265 g/mol. The first-order chi connectivity index (χ1) is 8.99. The lowest BCUT2D eigenvalue weighted by Gasteiger charge is -2.11. The fourth-order valence-electron chi connectivity index (χ4n) is 1.77. The van der Waals surface area contributed by atoms with Crippen LogP contribution in [0.25, 0.3) is 0 Å². The molecule has 0 heterocycles. The van der Waals surface area contributed by atoms with E-state index in [1.54, 1.807) is 31.2 Å². The predicted octanol–water partition coefficient (Wildman–Crippen LogP) is 4.35. The molecule has 0 spiro atoms. The summed E-state index contributed by atoms with van der Waals surface area (Å²) in [5, 5.41) is 3.32. The third-order valence-electron chi connectivity index (χ3n) is 2.96. The Balaban J connectivity index is 2.31. The van der Waals surface area contributed by atoms with Crippen molar-refractivity contribution in [2.24, 2.45) is 0 Å². The van der Waals surface area contributed by atoms with E-state index in [2.05, 4.69) is 5.32 Å². The zero-order chi connectivity index (χ0) is 14.0. The molecule has 0 aliphatic rings. The molecule has 0 atom stereocenters. The smallest absolute Gasteiger partial charge is 0.256 e. The maximum Gasteiger partial charge on any atom is 0.256 e. The van der Waals surface area contributed by atoms with Crippen molar-refractivity contribution in [3.05, 3.63) is 63.9 Å². The van der Waals surface area contributed by atoms with E-state index < -0.39 is 5.82 Å². The van der Waals surface area contributed by atoms with E-state index in [0.717, 1.165) is 11.1 Å². The van der Waals surface area contributed by atoms with Crippen molar-refractivity contribution in [2.45, 2.75) is 13.8 Å². The molecule has 98 valence electrons. The number of halogens is 2. The highest BCUT2D eigenvalue weighted by Crippen LogP contribution is 2.23. The maximum absolute atomic E-state index is 13.2. The lowest BCUT2D eigenvalue weighted by atomic mass is 10.1. The lowest BCUT2D eigenvalue weighted by molar-refractivity contribution is 0.102. The Hall–Kier alpha value is -1.87. The first-order valence-electron chi connectivity index (χ1n) is 5.81. The van der Waals surface area contributed by atoms with Gasteiger partial charge in [0.25, 0.3) is 5.91 Å². The molecule has 0 fully saturated rings. The minimum atomic E-state index is -0.432. The number of carbonyl (C=O) groups excluding carboxylic acids is 1. The molecule has 0 aromatic heterocycles. The highest BCUT2D eigenvalue weighted by atomic mass is 35.5. The average molecular weight is 278 g/mol. The summed E-state index contributed by atoms with van der Waals surface area (Å²) in [5.74, 6) is -0.777. The molecule has 2 rings (SSSR count). The Bertz CT molecular complexity index is 640. The second kappa shape index (κ2) is 5.41. The van der Waals surface area contributed by atoms with E-state index in [1.807, 2.05) is 6.92 Å². The normalized spacial score (nSPS) is 10.3. The molecule has 4 heteroatoms. The fraction of sp³-hybridized carbons (Fsp3) is 0.133. The molecule has 0 aliphatic carbocycles. The van der Waals surface area contributed by atoms with Crippen LogP contribution in [0.1, 0.15) is 21.5 Å². The van der Waals surface area contributed by atoms with Gasteiger partial charge in [0, 0.05) is 16.3 Å². The number of carbonyl (C=O) groups is 1. The summed E-state index contributed by atoms with van der Waals surface area (Å²) in [6.45, 7) is 3.58. The van der Waals surface area contributed by atoms with E-state index >= 15 is 0 Å². The number of nitrogens with one attached hydrogen (secondary N) is 1. The van der Waals surface area contributed by atoms with Crippen molar-refractivity contribution in [3.8, 4) is 0 Å². The monoisotopic (exact) mass is 277 g/mol. The number of benzene rings is 2. The minimum Gasteiger partial charge on any atom is -0.322 e. The number of hydrogen-bond donors (Lipinski definition) is 1. The summed E-state index contributed by atoms with van der Waals surface area (Å²) < 4.78 is 13.2. The van der Waals surface area contributed by atoms with Gasteiger partial charge in [-0.2, -0.15) is 0 Å². The minimum absolute atomic E-state index is 0.319. The topological polar surface area (TPSA) is 29.1 Å².